The van der Waals surface area contributed by atoms with Gasteiger partial charge < -0.3 is 30.5 Å². The first-order chi connectivity index (χ1) is 15.2. The second-order valence-electron chi connectivity index (χ2n) is 6.71. The van der Waals surface area contributed by atoms with Gasteiger partial charge in [0.1, 0.15) is 0 Å². The van der Waals surface area contributed by atoms with E-state index in [0.717, 1.165) is 0 Å². The van der Waals surface area contributed by atoms with Crippen LogP contribution in [0.5, 0.6) is 11.5 Å². The number of esters is 1. The molecule has 32 heavy (non-hydrogen) atoms. The monoisotopic (exact) mass is 523 g/mol. The molecule has 0 aromatic heterocycles. The zero-order valence-electron chi connectivity index (χ0n) is 17.2. The molecule has 1 aliphatic heterocycles. The summed E-state index contributed by atoms with van der Waals surface area (Å²) >= 11 is 9.63. The summed E-state index contributed by atoms with van der Waals surface area (Å²) in [5, 5.41) is 18.2. The molecule has 4 N–H and O–H groups in total. The number of anilines is 1. The highest BCUT2D eigenvalue weighted by molar-refractivity contribution is 9.10. The standard InChI is InChI=1S/C21H19BrClN3O6/c1-9-14(19(28)25-12-7-5-4-6-10(12)20(29)32-3)17(26-21(30)24-9)11-8-13(31-2)18(27)15(22)16(11)23/h4-8,17,27H,1-3H3,(H,25,28)(H2,24,26,30)/t17-/m0/s1. The molecule has 0 radical (unpaired) electrons. The quantitative estimate of drug-likeness (QED) is 0.440. The van der Waals surface area contributed by atoms with Crippen molar-refractivity contribution in [3.05, 3.63) is 62.2 Å². The number of allylic oxidation sites excluding steroid dienone is 1. The summed E-state index contributed by atoms with van der Waals surface area (Å²) in [5.74, 6) is -1.33. The Morgan fingerprint density at radius 1 is 1.25 bits per heavy atom. The second kappa shape index (κ2) is 9.49. The molecule has 0 spiro atoms. The van der Waals surface area contributed by atoms with Crippen molar-refractivity contribution >= 4 is 51.1 Å². The Morgan fingerprint density at radius 2 is 1.94 bits per heavy atom. The van der Waals surface area contributed by atoms with Gasteiger partial charge in [-0.3, -0.25) is 4.79 Å². The highest BCUT2D eigenvalue weighted by atomic mass is 79.9. The van der Waals surface area contributed by atoms with Crippen molar-refractivity contribution in [1.82, 2.24) is 10.6 Å². The Bertz CT molecular complexity index is 1150. The zero-order chi connectivity index (χ0) is 23.6. The number of halogens is 2. The van der Waals surface area contributed by atoms with Gasteiger partial charge in [0.2, 0.25) is 0 Å². The normalized spacial score (nSPS) is 15.5. The molecule has 168 valence electrons. The molecule has 3 amide bonds. The van der Waals surface area contributed by atoms with E-state index in [9.17, 15) is 19.5 Å². The van der Waals surface area contributed by atoms with E-state index in [1.807, 2.05) is 0 Å². The van der Waals surface area contributed by atoms with E-state index in [1.54, 1.807) is 25.1 Å². The van der Waals surface area contributed by atoms with Crippen molar-refractivity contribution < 1.29 is 29.0 Å². The van der Waals surface area contributed by atoms with Crippen LogP contribution in [0.2, 0.25) is 5.02 Å². The Balaban J connectivity index is 2.08. The number of nitrogens with one attached hydrogen (secondary N) is 3. The predicted octanol–water partition coefficient (Wildman–Crippen LogP) is 3.87. The number of benzene rings is 2. The highest BCUT2D eigenvalue weighted by Gasteiger charge is 2.34. The van der Waals surface area contributed by atoms with Crippen LogP contribution in [-0.2, 0) is 9.53 Å². The largest absolute Gasteiger partial charge is 0.503 e. The molecule has 11 heteroatoms. The lowest BCUT2D eigenvalue weighted by molar-refractivity contribution is -0.113. The molecular formula is C21H19BrClN3O6. The van der Waals surface area contributed by atoms with Gasteiger partial charge in [-0.25, -0.2) is 9.59 Å². The van der Waals surface area contributed by atoms with Gasteiger partial charge in [-0.2, -0.15) is 0 Å². The van der Waals surface area contributed by atoms with Crippen molar-refractivity contribution in [3.8, 4) is 11.5 Å². The maximum atomic E-state index is 13.3. The summed E-state index contributed by atoms with van der Waals surface area (Å²) < 4.78 is 10.1. The van der Waals surface area contributed by atoms with E-state index in [4.69, 9.17) is 21.1 Å². The molecule has 3 rings (SSSR count). The van der Waals surface area contributed by atoms with Gasteiger partial charge in [-0.15, -0.1) is 0 Å². The van der Waals surface area contributed by atoms with Crippen LogP contribution in [0, 0.1) is 0 Å². The molecular weight excluding hydrogens is 506 g/mol. The fourth-order valence-corrected chi connectivity index (χ4v) is 3.95. The minimum atomic E-state index is -0.979. The molecule has 0 aliphatic carbocycles. The molecule has 0 unspecified atom stereocenters. The van der Waals surface area contributed by atoms with Crippen LogP contribution in [0.1, 0.15) is 28.9 Å². The average molecular weight is 525 g/mol. The van der Waals surface area contributed by atoms with Crippen LogP contribution in [0.4, 0.5) is 10.5 Å². The summed E-state index contributed by atoms with van der Waals surface area (Å²) in [6.07, 6.45) is 0. The number of phenolic OH excluding ortho intramolecular Hbond substituents is 1. The Hall–Kier alpha value is -3.24. The van der Waals surface area contributed by atoms with E-state index >= 15 is 0 Å². The number of rotatable bonds is 5. The SMILES string of the molecule is COC(=O)c1ccccc1NC(=O)C1=C(C)NC(=O)N[C@H]1c1cc(OC)c(O)c(Br)c1Cl. The number of para-hydroxylation sites is 1. The maximum absolute atomic E-state index is 13.3. The van der Waals surface area contributed by atoms with Gasteiger partial charge in [-0.05, 0) is 41.1 Å². The van der Waals surface area contributed by atoms with Crippen LogP contribution in [0.25, 0.3) is 0 Å². The van der Waals surface area contributed by atoms with Gasteiger partial charge in [0.05, 0.1) is 46.6 Å². The molecule has 2 aromatic rings. The van der Waals surface area contributed by atoms with Crippen LogP contribution in [0.3, 0.4) is 0 Å². The van der Waals surface area contributed by atoms with E-state index in [-0.39, 0.29) is 43.5 Å². The minimum Gasteiger partial charge on any atom is -0.503 e. The summed E-state index contributed by atoms with van der Waals surface area (Å²) in [5.41, 5.74) is 1.14. The third kappa shape index (κ3) is 4.37. The van der Waals surface area contributed by atoms with Gasteiger partial charge in [0.15, 0.2) is 11.5 Å². The van der Waals surface area contributed by atoms with Crippen LogP contribution >= 0.6 is 27.5 Å². The van der Waals surface area contributed by atoms with Gasteiger partial charge >= 0.3 is 12.0 Å². The topological polar surface area (TPSA) is 126 Å². The van der Waals surface area contributed by atoms with E-state index in [1.165, 1.54) is 26.4 Å². The lowest BCUT2D eigenvalue weighted by Gasteiger charge is -2.30. The Morgan fingerprint density at radius 3 is 2.59 bits per heavy atom. The van der Waals surface area contributed by atoms with E-state index in [2.05, 4.69) is 31.9 Å². The van der Waals surface area contributed by atoms with Gasteiger partial charge in [-0.1, -0.05) is 23.7 Å². The van der Waals surface area contributed by atoms with Crippen LogP contribution in [0.15, 0.2) is 46.1 Å². The average Bonchev–Trinajstić information content (AvgIpc) is 2.77. The van der Waals surface area contributed by atoms with Crippen LogP contribution in [-0.4, -0.2) is 37.2 Å². The summed E-state index contributed by atoms with van der Waals surface area (Å²) in [7, 11) is 2.60. The molecule has 9 nitrogen and oxygen atoms in total. The fraction of sp³-hybridized carbons (Fsp3) is 0.190. The fourth-order valence-electron chi connectivity index (χ4n) is 3.28. The lowest BCUT2D eigenvalue weighted by atomic mass is 9.94. The number of phenols is 1. The molecule has 0 bridgehead atoms. The van der Waals surface area contributed by atoms with Crippen molar-refractivity contribution in [2.24, 2.45) is 0 Å². The number of carbonyl (C=O) groups excluding carboxylic acids is 3. The Kier molecular flexibility index (Phi) is 6.95. The highest BCUT2D eigenvalue weighted by Crippen LogP contribution is 2.45. The van der Waals surface area contributed by atoms with Crippen molar-refractivity contribution in [3.63, 3.8) is 0 Å². The molecule has 1 heterocycles. The smallest absolute Gasteiger partial charge is 0.339 e. The molecule has 0 fully saturated rings. The molecule has 0 saturated heterocycles. The minimum absolute atomic E-state index is 0.0866. The van der Waals surface area contributed by atoms with Gasteiger partial charge in [0.25, 0.3) is 5.91 Å². The summed E-state index contributed by atoms with van der Waals surface area (Å²) in [6.45, 7) is 1.56. The van der Waals surface area contributed by atoms with Crippen LogP contribution < -0.4 is 20.7 Å². The molecule has 1 aliphatic rings. The number of aromatic hydroxyl groups is 1. The summed E-state index contributed by atoms with van der Waals surface area (Å²) in [6, 6.07) is 6.27. The number of ether oxygens (including phenoxy) is 2. The maximum Gasteiger partial charge on any atom is 0.339 e. The lowest BCUT2D eigenvalue weighted by Crippen LogP contribution is -2.46. The van der Waals surface area contributed by atoms with Crippen molar-refractivity contribution in [2.45, 2.75) is 13.0 Å². The van der Waals surface area contributed by atoms with Crippen molar-refractivity contribution in [2.75, 3.05) is 19.5 Å². The Labute approximate surface area is 196 Å². The molecule has 1 atom stereocenters. The first-order valence-electron chi connectivity index (χ1n) is 9.21. The second-order valence-corrected chi connectivity index (χ2v) is 7.88. The zero-order valence-corrected chi connectivity index (χ0v) is 19.6. The number of carbonyl (C=O) groups is 3. The molecule has 2 aromatic carbocycles. The summed E-state index contributed by atoms with van der Waals surface area (Å²) in [4.78, 5) is 37.6. The third-order valence-electron chi connectivity index (χ3n) is 4.80. The number of hydrogen-bond donors (Lipinski definition) is 4. The third-order valence-corrected chi connectivity index (χ3v) is 6.21. The first-order valence-corrected chi connectivity index (χ1v) is 10.4. The van der Waals surface area contributed by atoms with E-state index < -0.39 is 23.9 Å². The van der Waals surface area contributed by atoms with Gasteiger partial charge in [0, 0.05) is 11.3 Å². The number of hydrogen-bond acceptors (Lipinski definition) is 6. The number of methoxy groups -OCH3 is 2. The predicted molar refractivity (Wildman–Crippen MR) is 121 cm³/mol. The number of urea groups is 1. The molecule has 0 saturated carbocycles. The number of amides is 3. The first kappa shape index (κ1) is 23.4. The van der Waals surface area contributed by atoms with E-state index in [0.29, 0.717) is 5.56 Å². The van der Waals surface area contributed by atoms with Crippen molar-refractivity contribution in [1.29, 1.82) is 0 Å².